The molecule has 3 rings (SSSR count). The molecular weight excluding hydrogens is 314 g/mol. The maximum Gasteiger partial charge on any atom is 0.251 e. The van der Waals surface area contributed by atoms with E-state index in [1.807, 2.05) is 0 Å². The first kappa shape index (κ1) is 16.4. The Labute approximate surface area is 137 Å². The predicted molar refractivity (Wildman–Crippen MR) is 87.8 cm³/mol. The lowest BCUT2D eigenvalue weighted by atomic mass is 9.99. The second kappa shape index (κ2) is 6.59. The molecule has 23 heavy (non-hydrogen) atoms. The standard InChI is InChI=1S/C16H23N3O3S/c1-17-23(21,22)13-6-4-5-12(11-13)16(20)18-14-8-10-19-9-3-2-7-15(14)19/h4-6,11,14-15,17H,2-3,7-10H2,1H3,(H,18,20)/t14-,15+/m1/s1. The van der Waals surface area contributed by atoms with Gasteiger partial charge in [0.25, 0.3) is 5.91 Å². The maximum absolute atomic E-state index is 12.5. The van der Waals surface area contributed by atoms with Crippen molar-refractivity contribution < 1.29 is 13.2 Å². The van der Waals surface area contributed by atoms with Crippen LogP contribution in [0.1, 0.15) is 36.0 Å². The molecule has 1 amide bonds. The van der Waals surface area contributed by atoms with E-state index in [4.69, 9.17) is 0 Å². The Kier molecular flexibility index (Phi) is 4.70. The molecule has 2 N–H and O–H groups in total. The molecule has 2 aliphatic heterocycles. The van der Waals surface area contributed by atoms with Crippen molar-refractivity contribution in [2.24, 2.45) is 0 Å². The Morgan fingerprint density at radius 3 is 2.83 bits per heavy atom. The summed E-state index contributed by atoms with van der Waals surface area (Å²) in [6, 6.07) is 6.75. The lowest BCUT2D eigenvalue weighted by Gasteiger charge is -2.32. The zero-order valence-corrected chi connectivity index (χ0v) is 14.1. The van der Waals surface area contributed by atoms with Crippen LogP contribution in [0.5, 0.6) is 0 Å². The van der Waals surface area contributed by atoms with Crippen LogP contribution < -0.4 is 10.0 Å². The summed E-state index contributed by atoms with van der Waals surface area (Å²) < 4.78 is 26.0. The third kappa shape index (κ3) is 3.41. The lowest BCUT2D eigenvalue weighted by Crippen LogP contribution is -2.46. The quantitative estimate of drug-likeness (QED) is 0.857. The SMILES string of the molecule is CNS(=O)(=O)c1cccc(C(=O)N[C@@H]2CCN3CCCC[C@@H]23)c1. The highest BCUT2D eigenvalue weighted by atomic mass is 32.2. The van der Waals surface area contributed by atoms with Gasteiger partial charge < -0.3 is 5.32 Å². The molecule has 7 heteroatoms. The van der Waals surface area contributed by atoms with Gasteiger partial charge in [0.05, 0.1) is 4.90 Å². The smallest absolute Gasteiger partial charge is 0.251 e. The van der Waals surface area contributed by atoms with Crippen molar-refractivity contribution in [3.63, 3.8) is 0 Å². The van der Waals surface area contributed by atoms with Crippen molar-refractivity contribution >= 4 is 15.9 Å². The van der Waals surface area contributed by atoms with Gasteiger partial charge in [-0.2, -0.15) is 0 Å². The Hall–Kier alpha value is -1.44. The van der Waals surface area contributed by atoms with E-state index in [1.165, 1.54) is 32.0 Å². The Morgan fingerprint density at radius 1 is 1.22 bits per heavy atom. The molecule has 0 spiro atoms. The van der Waals surface area contributed by atoms with Gasteiger partial charge in [0.15, 0.2) is 0 Å². The first-order chi connectivity index (χ1) is 11.0. The topological polar surface area (TPSA) is 78.5 Å². The van der Waals surface area contributed by atoms with Gasteiger partial charge in [-0.3, -0.25) is 9.69 Å². The minimum Gasteiger partial charge on any atom is -0.348 e. The highest BCUT2D eigenvalue weighted by molar-refractivity contribution is 7.89. The second-order valence-corrected chi connectivity index (χ2v) is 8.09. The first-order valence-corrected chi connectivity index (χ1v) is 9.58. The minimum atomic E-state index is -3.54. The van der Waals surface area contributed by atoms with E-state index in [0.717, 1.165) is 25.9 Å². The van der Waals surface area contributed by atoms with Crippen LogP contribution in [0.2, 0.25) is 0 Å². The normalized spacial score (nSPS) is 25.1. The molecule has 2 saturated heterocycles. The van der Waals surface area contributed by atoms with Crippen molar-refractivity contribution in [3.8, 4) is 0 Å². The molecule has 2 aliphatic rings. The summed E-state index contributed by atoms with van der Waals surface area (Å²) in [7, 11) is -2.18. The van der Waals surface area contributed by atoms with Gasteiger partial charge in [-0.25, -0.2) is 13.1 Å². The summed E-state index contributed by atoms with van der Waals surface area (Å²) in [5.41, 5.74) is 0.385. The molecule has 0 aliphatic carbocycles. The number of benzene rings is 1. The van der Waals surface area contributed by atoms with Gasteiger partial charge in [0.1, 0.15) is 0 Å². The molecule has 6 nitrogen and oxygen atoms in total. The van der Waals surface area contributed by atoms with Crippen LogP contribution in [-0.2, 0) is 10.0 Å². The largest absolute Gasteiger partial charge is 0.348 e. The summed E-state index contributed by atoms with van der Waals surface area (Å²) in [5.74, 6) is -0.199. The third-order valence-electron chi connectivity index (χ3n) is 4.85. The average Bonchev–Trinajstić information content (AvgIpc) is 2.98. The number of sulfonamides is 1. The fourth-order valence-corrected chi connectivity index (χ4v) is 4.37. The predicted octanol–water partition coefficient (Wildman–Crippen LogP) is 0.951. The molecule has 2 atom stereocenters. The molecular formula is C16H23N3O3S. The van der Waals surface area contributed by atoms with Gasteiger partial charge in [0, 0.05) is 24.2 Å². The third-order valence-corrected chi connectivity index (χ3v) is 6.26. The monoisotopic (exact) mass is 337 g/mol. The lowest BCUT2D eigenvalue weighted by molar-refractivity contribution is 0.0915. The molecule has 0 bridgehead atoms. The summed E-state index contributed by atoms with van der Waals surface area (Å²) in [6.45, 7) is 2.15. The Bertz CT molecular complexity index is 690. The summed E-state index contributed by atoms with van der Waals surface area (Å²) in [5, 5.41) is 3.10. The highest BCUT2D eigenvalue weighted by Crippen LogP contribution is 2.27. The molecule has 0 aromatic heterocycles. The van der Waals surface area contributed by atoms with Crippen molar-refractivity contribution in [1.82, 2.24) is 14.9 Å². The fourth-order valence-electron chi connectivity index (χ4n) is 3.59. The molecule has 0 unspecified atom stereocenters. The average molecular weight is 337 g/mol. The van der Waals surface area contributed by atoms with Crippen molar-refractivity contribution in [2.45, 2.75) is 42.7 Å². The number of hydrogen-bond acceptors (Lipinski definition) is 4. The van der Waals surface area contributed by atoms with Crippen LogP contribution in [0.25, 0.3) is 0 Å². The number of piperidine rings is 1. The summed E-state index contributed by atoms with van der Waals surface area (Å²) in [6.07, 6.45) is 4.54. The van der Waals surface area contributed by atoms with Gasteiger partial charge in [-0.15, -0.1) is 0 Å². The van der Waals surface area contributed by atoms with Crippen LogP contribution in [0.4, 0.5) is 0 Å². The van der Waals surface area contributed by atoms with Crippen molar-refractivity contribution in [2.75, 3.05) is 20.1 Å². The van der Waals surface area contributed by atoms with Gasteiger partial charge in [-0.05, 0) is 51.1 Å². The van der Waals surface area contributed by atoms with Gasteiger partial charge in [0.2, 0.25) is 10.0 Å². The van der Waals surface area contributed by atoms with Crippen molar-refractivity contribution in [1.29, 1.82) is 0 Å². The molecule has 0 radical (unpaired) electrons. The molecule has 1 aromatic rings. The summed E-state index contributed by atoms with van der Waals surface area (Å²) in [4.78, 5) is 15.1. The number of fused-ring (bicyclic) bond motifs is 1. The van der Waals surface area contributed by atoms with E-state index in [-0.39, 0.29) is 16.8 Å². The van der Waals surface area contributed by atoms with Gasteiger partial charge >= 0.3 is 0 Å². The van der Waals surface area contributed by atoms with E-state index < -0.39 is 10.0 Å². The van der Waals surface area contributed by atoms with E-state index in [9.17, 15) is 13.2 Å². The van der Waals surface area contributed by atoms with Crippen LogP contribution in [0, 0.1) is 0 Å². The number of nitrogens with one attached hydrogen (secondary N) is 2. The number of rotatable bonds is 4. The van der Waals surface area contributed by atoms with Crippen molar-refractivity contribution in [3.05, 3.63) is 29.8 Å². The molecule has 2 heterocycles. The van der Waals surface area contributed by atoms with Crippen LogP contribution in [0.15, 0.2) is 29.2 Å². The maximum atomic E-state index is 12.5. The zero-order chi connectivity index (χ0) is 16.4. The van der Waals surface area contributed by atoms with Crippen LogP contribution >= 0.6 is 0 Å². The van der Waals surface area contributed by atoms with E-state index >= 15 is 0 Å². The number of nitrogens with zero attached hydrogens (tertiary/aromatic N) is 1. The Balaban J connectivity index is 1.73. The number of carbonyl (C=O) groups is 1. The summed E-state index contributed by atoms with van der Waals surface area (Å²) >= 11 is 0. The van der Waals surface area contributed by atoms with Crippen LogP contribution in [0.3, 0.4) is 0 Å². The molecule has 0 saturated carbocycles. The molecule has 2 fully saturated rings. The fraction of sp³-hybridized carbons (Fsp3) is 0.562. The number of amides is 1. The number of carbonyl (C=O) groups excluding carboxylic acids is 1. The zero-order valence-electron chi connectivity index (χ0n) is 13.3. The minimum absolute atomic E-state index is 0.110. The molecule has 1 aromatic carbocycles. The van der Waals surface area contributed by atoms with E-state index in [1.54, 1.807) is 12.1 Å². The first-order valence-electron chi connectivity index (χ1n) is 8.10. The second-order valence-electron chi connectivity index (χ2n) is 6.20. The van der Waals surface area contributed by atoms with E-state index in [2.05, 4.69) is 14.9 Å². The van der Waals surface area contributed by atoms with E-state index in [0.29, 0.717) is 11.6 Å². The molecule has 126 valence electrons. The Morgan fingerprint density at radius 2 is 2.04 bits per heavy atom. The van der Waals surface area contributed by atoms with Gasteiger partial charge in [-0.1, -0.05) is 12.5 Å². The van der Waals surface area contributed by atoms with Crippen LogP contribution in [-0.4, -0.2) is 51.4 Å². The highest BCUT2D eigenvalue weighted by Gasteiger charge is 2.36. The number of hydrogen-bond donors (Lipinski definition) is 2.